The van der Waals surface area contributed by atoms with Crippen LogP contribution in [-0.2, 0) is 0 Å². The Morgan fingerprint density at radius 3 is 2.79 bits per heavy atom. The molecule has 14 heavy (non-hydrogen) atoms. The van der Waals surface area contributed by atoms with E-state index in [2.05, 4.69) is 25.3 Å². The van der Waals surface area contributed by atoms with Gasteiger partial charge in [-0.2, -0.15) is 0 Å². The summed E-state index contributed by atoms with van der Waals surface area (Å²) >= 11 is 1.82. The van der Waals surface area contributed by atoms with Crippen LogP contribution >= 0.6 is 11.3 Å². The van der Waals surface area contributed by atoms with Crippen molar-refractivity contribution in [1.82, 2.24) is 0 Å². The minimum atomic E-state index is 0.285. The van der Waals surface area contributed by atoms with Gasteiger partial charge in [0, 0.05) is 10.9 Å². The van der Waals surface area contributed by atoms with Gasteiger partial charge in [0.05, 0.1) is 0 Å². The molecule has 0 radical (unpaired) electrons. The molecule has 1 fully saturated rings. The molecular formula is C12H19NS. The van der Waals surface area contributed by atoms with Gasteiger partial charge in [0.2, 0.25) is 0 Å². The van der Waals surface area contributed by atoms with Crippen LogP contribution in [-0.4, -0.2) is 0 Å². The summed E-state index contributed by atoms with van der Waals surface area (Å²) in [6.07, 6.45) is 4.05. The fourth-order valence-corrected chi connectivity index (χ4v) is 3.63. The van der Waals surface area contributed by atoms with Crippen LogP contribution in [0.4, 0.5) is 0 Å². The molecule has 3 atom stereocenters. The molecule has 2 heteroatoms. The second-order valence-electron chi connectivity index (χ2n) is 4.57. The predicted molar refractivity (Wildman–Crippen MR) is 62.5 cm³/mol. The summed E-state index contributed by atoms with van der Waals surface area (Å²) in [6, 6.07) is 2.46. The maximum absolute atomic E-state index is 6.35. The zero-order valence-electron chi connectivity index (χ0n) is 8.99. The number of aryl methyl sites for hydroxylation is 1. The minimum Gasteiger partial charge on any atom is -0.323 e. The van der Waals surface area contributed by atoms with E-state index in [-0.39, 0.29) is 6.04 Å². The van der Waals surface area contributed by atoms with Crippen molar-refractivity contribution in [2.75, 3.05) is 0 Å². The van der Waals surface area contributed by atoms with Crippen molar-refractivity contribution < 1.29 is 0 Å². The Morgan fingerprint density at radius 2 is 2.29 bits per heavy atom. The van der Waals surface area contributed by atoms with Crippen molar-refractivity contribution in [1.29, 1.82) is 0 Å². The molecule has 0 amide bonds. The van der Waals surface area contributed by atoms with E-state index in [0.29, 0.717) is 5.92 Å². The quantitative estimate of drug-likeness (QED) is 0.792. The highest BCUT2D eigenvalue weighted by Crippen LogP contribution is 2.40. The summed E-state index contributed by atoms with van der Waals surface area (Å²) in [5.41, 5.74) is 7.72. The molecule has 1 aliphatic carbocycles. The fourth-order valence-electron chi connectivity index (χ4n) is 2.63. The van der Waals surface area contributed by atoms with Gasteiger partial charge >= 0.3 is 0 Å². The molecule has 1 aromatic rings. The molecule has 2 N–H and O–H groups in total. The Balaban J connectivity index is 2.15. The van der Waals surface area contributed by atoms with Gasteiger partial charge in [-0.3, -0.25) is 0 Å². The molecule has 0 spiro atoms. The van der Waals surface area contributed by atoms with E-state index in [4.69, 9.17) is 5.73 Å². The van der Waals surface area contributed by atoms with Crippen LogP contribution in [0.2, 0.25) is 0 Å². The lowest BCUT2D eigenvalue weighted by atomic mass is 9.89. The van der Waals surface area contributed by atoms with Gasteiger partial charge in [0.1, 0.15) is 0 Å². The highest BCUT2D eigenvalue weighted by atomic mass is 32.1. The molecule has 0 aliphatic heterocycles. The molecule has 1 nitrogen and oxygen atoms in total. The summed E-state index contributed by atoms with van der Waals surface area (Å²) in [5, 5.41) is 2.16. The molecule has 3 unspecified atom stereocenters. The van der Waals surface area contributed by atoms with Crippen molar-refractivity contribution in [2.45, 2.75) is 39.2 Å². The average Bonchev–Trinajstić information content (AvgIpc) is 2.73. The fraction of sp³-hybridized carbons (Fsp3) is 0.667. The highest BCUT2D eigenvalue weighted by Gasteiger charge is 2.30. The Hall–Kier alpha value is -0.340. The molecule has 0 aromatic carbocycles. The van der Waals surface area contributed by atoms with Crippen LogP contribution in [0, 0.1) is 18.8 Å². The van der Waals surface area contributed by atoms with E-state index in [1.54, 1.807) is 0 Å². The van der Waals surface area contributed by atoms with Gasteiger partial charge in [-0.1, -0.05) is 19.8 Å². The lowest BCUT2D eigenvalue weighted by Crippen LogP contribution is -2.22. The van der Waals surface area contributed by atoms with E-state index in [1.807, 2.05) is 11.3 Å². The van der Waals surface area contributed by atoms with Crippen LogP contribution < -0.4 is 5.73 Å². The standard InChI is InChI=1S/C12H19NS/c1-8-4-3-5-10(8)11(13)12-9(2)6-7-14-12/h6-8,10-11H,3-5,13H2,1-2H3. The number of rotatable bonds is 2. The lowest BCUT2D eigenvalue weighted by molar-refractivity contribution is 0.354. The first-order valence-electron chi connectivity index (χ1n) is 5.49. The molecule has 78 valence electrons. The van der Waals surface area contributed by atoms with Gasteiger partial charge in [-0.05, 0) is 42.2 Å². The van der Waals surface area contributed by atoms with E-state index in [9.17, 15) is 0 Å². The van der Waals surface area contributed by atoms with E-state index < -0.39 is 0 Å². The minimum absolute atomic E-state index is 0.285. The molecule has 0 saturated heterocycles. The Morgan fingerprint density at radius 1 is 1.50 bits per heavy atom. The Labute approximate surface area is 90.3 Å². The van der Waals surface area contributed by atoms with Crippen LogP contribution in [0.5, 0.6) is 0 Å². The first-order chi connectivity index (χ1) is 6.70. The van der Waals surface area contributed by atoms with Crippen molar-refractivity contribution in [2.24, 2.45) is 17.6 Å². The van der Waals surface area contributed by atoms with Crippen molar-refractivity contribution in [3.05, 3.63) is 21.9 Å². The smallest absolute Gasteiger partial charge is 0.0423 e. The Kier molecular flexibility index (Phi) is 2.93. The summed E-state index contributed by atoms with van der Waals surface area (Å²) in [7, 11) is 0. The van der Waals surface area contributed by atoms with E-state index in [0.717, 1.165) is 5.92 Å². The molecular weight excluding hydrogens is 190 g/mol. The van der Waals surface area contributed by atoms with Crippen LogP contribution in [0.15, 0.2) is 11.4 Å². The van der Waals surface area contributed by atoms with Gasteiger partial charge in [-0.25, -0.2) is 0 Å². The van der Waals surface area contributed by atoms with Gasteiger partial charge in [0.15, 0.2) is 0 Å². The monoisotopic (exact) mass is 209 g/mol. The molecule has 1 heterocycles. The van der Waals surface area contributed by atoms with Crippen LogP contribution in [0.25, 0.3) is 0 Å². The van der Waals surface area contributed by atoms with Crippen molar-refractivity contribution in [3.8, 4) is 0 Å². The summed E-state index contributed by atoms with van der Waals surface area (Å²) in [4.78, 5) is 1.41. The first kappa shape index (κ1) is 10.2. The zero-order valence-corrected chi connectivity index (χ0v) is 9.81. The highest BCUT2D eigenvalue weighted by molar-refractivity contribution is 7.10. The number of thiophene rings is 1. The third kappa shape index (κ3) is 1.73. The number of nitrogens with two attached hydrogens (primary N) is 1. The normalized spacial score (nSPS) is 29.4. The van der Waals surface area contributed by atoms with Crippen LogP contribution in [0.1, 0.15) is 42.7 Å². The van der Waals surface area contributed by atoms with Gasteiger partial charge in [0.25, 0.3) is 0 Å². The second kappa shape index (κ2) is 4.03. The zero-order chi connectivity index (χ0) is 10.1. The van der Waals surface area contributed by atoms with Gasteiger partial charge in [-0.15, -0.1) is 11.3 Å². The van der Waals surface area contributed by atoms with Gasteiger partial charge < -0.3 is 5.73 Å². The molecule has 1 aromatic heterocycles. The number of hydrogen-bond acceptors (Lipinski definition) is 2. The molecule has 1 saturated carbocycles. The average molecular weight is 209 g/mol. The van der Waals surface area contributed by atoms with Crippen LogP contribution in [0.3, 0.4) is 0 Å². The molecule has 1 aliphatic rings. The predicted octanol–water partition coefficient (Wildman–Crippen LogP) is 3.49. The summed E-state index contributed by atoms with van der Waals surface area (Å²) < 4.78 is 0. The topological polar surface area (TPSA) is 26.0 Å². The second-order valence-corrected chi connectivity index (χ2v) is 5.51. The summed E-state index contributed by atoms with van der Waals surface area (Å²) in [5.74, 6) is 1.53. The maximum Gasteiger partial charge on any atom is 0.0423 e. The van der Waals surface area contributed by atoms with E-state index >= 15 is 0 Å². The molecule has 2 rings (SSSR count). The lowest BCUT2D eigenvalue weighted by Gasteiger charge is -2.22. The number of hydrogen-bond donors (Lipinski definition) is 1. The third-order valence-corrected chi connectivity index (χ3v) is 4.71. The Bertz CT molecular complexity index is 305. The van der Waals surface area contributed by atoms with Crippen molar-refractivity contribution in [3.63, 3.8) is 0 Å². The summed E-state index contributed by atoms with van der Waals surface area (Å²) in [6.45, 7) is 4.52. The van der Waals surface area contributed by atoms with E-state index in [1.165, 1.54) is 29.7 Å². The SMILES string of the molecule is Cc1ccsc1C(N)C1CCCC1C. The van der Waals surface area contributed by atoms with Crippen molar-refractivity contribution >= 4 is 11.3 Å². The third-order valence-electron chi connectivity index (χ3n) is 3.59. The first-order valence-corrected chi connectivity index (χ1v) is 6.37. The largest absolute Gasteiger partial charge is 0.323 e. The maximum atomic E-state index is 6.35. The molecule has 0 bridgehead atoms.